The van der Waals surface area contributed by atoms with E-state index in [1.54, 1.807) is 42.5 Å². The summed E-state index contributed by atoms with van der Waals surface area (Å²) in [5.74, 6) is 0.215. The summed E-state index contributed by atoms with van der Waals surface area (Å²) in [5.41, 5.74) is 1.27. The molecule has 0 aromatic heterocycles. The Morgan fingerprint density at radius 1 is 1.09 bits per heavy atom. The van der Waals surface area contributed by atoms with E-state index in [1.807, 2.05) is 0 Å². The van der Waals surface area contributed by atoms with Gasteiger partial charge in [-0.25, -0.2) is 0 Å². The van der Waals surface area contributed by atoms with Crippen molar-refractivity contribution in [3.05, 3.63) is 63.1 Å². The van der Waals surface area contributed by atoms with Crippen LogP contribution in [-0.4, -0.2) is 13.0 Å². The standard InChI is InChI=1S/C16H12Cl3NO2/c1-22-15-6-4-11(17)9-14(15)20-16(21)7-3-10-2-5-12(18)13(19)8-10/h2-9H,1H3,(H,20,21)/b7-3+. The van der Waals surface area contributed by atoms with Crippen molar-refractivity contribution in [1.29, 1.82) is 0 Å². The topological polar surface area (TPSA) is 38.3 Å². The maximum atomic E-state index is 12.0. The molecule has 2 rings (SSSR count). The summed E-state index contributed by atoms with van der Waals surface area (Å²) in [5, 5.41) is 4.10. The van der Waals surface area contributed by atoms with Gasteiger partial charge in [-0.3, -0.25) is 4.79 Å². The van der Waals surface area contributed by atoms with Crippen LogP contribution in [0.5, 0.6) is 5.75 Å². The van der Waals surface area contributed by atoms with Crippen LogP contribution in [0.1, 0.15) is 5.56 Å². The van der Waals surface area contributed by atoms with Gasteiger partial charge in [-0.2, -0.15) is 0 Å². The van der Waals surface area contributed by atoms with Crippen LogP contribution in [0.3, 0.4) is 0 Å². The summed E-state index contributed by atoms with van der Waals surface area (Å²) in [6, 6.07) is 10.1. The summed E-state index contributed by atoms with van der Waals surface area (Å²) in [6.07, 6.45) is 3.02. The highest BCUT2D eigenvalue weighted by Gasteiger charge is 2.06. The Morgan fingerprint density at radius 3 is 2.55 bits per heavy atom. The number of hydrogen-bond donors (Lipinski definition) is 1. The lowest BCUT2D eigenvalue weighted by Gasteiger charge is -2.08. The van der Waals surface area contributed by atoms with Crippen LogP contribution in [-0.2, 0) is 4.79 Å². The first-order valence-corrected chi connectivity index (χ1v) is 7.40. The van der Waals surface area contributed by atoms with Gasteiger partial charge in [0.2, 0.25) is 5.91 Å². The largest absolute Gasteiger partial charge is 0.495 e. The number of benzene rings is 2. The number of carbonyl (C=O) groups is 1. The summed E-state index contributed by atoms with van der Waals surface area (Å²) in [6.45, 7) is 0. The van der Waals surface area contributed by atoms with Gasteiger partial charge in [0.05, 0.1) is 22.8 Å². The molecule has 0 fully saturated rings. The van der Waals surface area contributed by atoms with Crippen molar-refractivity contribution in [2.45, 2.75) is 0 Å². The van der Waals surface area contributed by atoms with Crippen LogP contribution in [0.15, 0.2) is 42.5 Å². The summed E-state index contributed by atoms with van der Waals surface area (Å²) < 4.78 is 5.16. The van der Waals surface area contributed by atoms with Crippen LogP contribution in [0.4, 0.5) is 5.69 Å². The lowest BCUT2D eigenvalue weighted by atomic mass is 10.2. The molecule has 0 bridgehead atoms. The Balaban J connectivity index is 2.11. The fourth-order valence-corrected chi connectivity index (χ4v) is 2.22. The van der Waals surface area contributed by atoms with Crippen molar-refractivity contribution in [2.75, 3.05) is 12.4 Å². The van der Waals surface area contributed by atoms with Crippen molar-refractivity contribution in [2.24, 2.45) is 0 Å². The van der Waals surface area contributed by atoms with Gasteiger partial charge in [0.25, 0.3) is 0 Å². The molecule has 22 heavy (non-hydrogen) atoms. The minimum atomic E-state index is -0.313. The summed E-state index contributed by atoms with van der Waals surface area (Å²) in [4.78, 5) is 12.0. The van der Waals surface area contributed by atoms with Crippen LogP contribution in [0.25, 0.3) is 6.08 Å². The van der Waals surface area contributed by atoms with E-state index in [4.69, 9.17) is 39.5 Å². The van der Waals surface area contributed by atoms with Gasteiger partial charge >= 0.3 is 0 Å². The van der Waals surface area contributed by atoms with E-state index in [2.05, 4.69) is 5.32 Å². The van der Waals surface area contributed by atoms with Crippen molar-refractivity contribution < 1.29 is 9.53 Å². The number of nitrogens with one attached hydrogen (secondary N) is 1. The number of halogens is 3. The number of ether oxygens (including phenoxy) is 1. The molecule has 0 aliphatic rings. The molecule has 6 heteroatoms. The van der Waals surface area contributed by atoms with Gasteiger partial charge < -0.3 is 10.1 Å². The van der Waals surface area contributed by atoms with Gasteiger partial charge in [0, 0.05) is 11.1 Å². The average molecular weight is 357 g/mol. The minimum absolute atomic E-state index is 0.313. The number of amides is 1. The van der Waals surface area contributed by atoms with Crippen molar-refractivity contribution >= 4 is 52.5 Å². The Bertz CT molecular complexity index is 729. The zero-order chi connectivity index (χ0) is 16.1. The van der Waals surface area contributed by atoms with Gasteiger partial charge in [-0.1, -0.05) is 40.9 Å². The van der Waals surface area contributed by atoms with E-state index in [9.17, 15) is 4.79 Å². The number of anilines is 1. The molecule has 0 aliphatic carbocycles. The second kappa shape index (κ2) is 7.54. The predicted molar refractivity (Wildman–Crippen MR) is 92.1 cm³/mol. The number of hydrogen-bond acceptors (Lipinski definition) is 2. The SMILES string of the molecule is COc1ccc(Cl)cc1NC(=O)/C=C/c1ccc(Cl)c(Cl)c1. The van der Waals surface area contributed by atoms with Crippen LogP contribution in [0, 0.1) is 0 Å². The van der Waals surface area contributed by atoms with Crippen molar-refractivity contribution in [1.82, 2.24) is 0 Å². The molecule has 0 spiro atoms. The molecule has 2 aromatic rings. The second-order valence-electron chi connectivity index (χ2n) is 4.34. The second-order valence-corrected chi connectivity index (χ2v) is 5.59. The molecule has 0 heterocycles. The zero-order valence-electron chi connectivity index (χ0n) is 11.6. The Hall–Kier alpha value is -1.68. The predicted octanol–water partition coefficient (Wildman–Crippen LogP) is 5.31. The minimum Gasteiger partial charge on any atom is -0.495 e. The quantitative estimate of drug-likeness (QED) is 0.754. The fourth-order valence-electron chi connectivity index (χ4n) is 1.74. The zero-order valence-corrected chi connectivity index (χ0v) is 13.8. The monoisotopic (exact) mass is 355 g/mol. The van der Waals surface area contributed by atoms with Gasteiger partial charge in [0.15, 0.2) is 0 Å². The third kappa shape index (κ3) is 4.41. The highest BCUT2D eigenvalue weighted by molar-refractivity contribution is 6.42. The molecule has 0 saturated heterocycles. The molecule has 0 aliphatic heterocycles. The molecule has 0 atom stereocenters. The van der Waals surface area contributed by atoms with Gasteiger partial charge in [-0.15, -0.1) is 0 Å². The molecule has 114 valence electrons. The van der Waals surface area contributed by atoms with E-state index >= 15 is 0 Å². The maximum absolute atomic E-state index is 12.0. The first-order valence-electron chi connectivity index (χ1n) is 6.27. The molecule has 0 radical (unpaired) electrons. The molecular formula is C16H12Cl3NO2. The third-order valence-electron chi connectivity index (χ3n) is 2.79. The average Bonchev–Trinajstić information content (AvgIpc) is 2.49. The molecule has 0 unspecified atom stereocenters. The summed E-state index contributed by atoms with van der Waals surface area (Å²) in [7, 11) is 1.52. The Labute approximate surface area is 143 Å². The first kappa shape index (κ1) is 16.7. The number of carbonyl (C=O) groups excluding carboxylic acids is 1. The molecule has 1 N–H and O–H groups in total. The third-order valence-corrected chi connectivity index (χ3v) is 3.76. The van der Waals surface area contributed by atoms with Gasteiger partial charge in [0.1, 0.15) is 5.75 Å². The molecule has 2 aromatic carbocycles. The van der Waals surface area contributed by atoms with E-state index in [1.165, 1.54) is 13.2 Å². The Morgan fingerprint density at radius 2 is 1.86 bits per heavy atom. The highest BCUT2D eigenvalue weighted by Crippen LogP contribution is 2.27. The fraction of sp³-hybridized carbons (Fsp3) is 0.0625. The van der Waals surface area contributed by atoms with Crippen molar-refractivity contribution in [3.63, 3.8) is 0 Å². The normalized spacial score (nSPS) is 10.7. The van der Waals surface area contributed by atoms with E-state index in [0.717, 1.165) is 5.56 Å². The smallest absolute Gasteiger partial charge is 0.248 e. The highest BCUT2D eigenvalue weighted by atomic mass is 35.5. The number of rotatable bonds is 4. The maximum Gasteiger partial charge on any atom is 0.248 e. The summed E-state index contributed by atoms with van der Waals surface area (Å²) >= 11 is 17.7. The number of methoxy groups -OCH3 is 1. The van der Waals surface area contributed by atoms with E-state index in [0.29, 0.717) is 26.5 Å². The van der Waals surface area contributed by atoms with Crippen LogP contribution < -0.4 is 10.1 Å². The molecule has 1 amide bonds. The molecular weight excluding hydrogens is 345 g/mol. The van der Waals surface area contributed by atoms with Crippen LogP contribution >= 0.6 is 34.8 Å². The van der Waals surface area contributed by atoms with E-state index < -0.39 is 0 Å². The Kier molecular flexibility index (Phi) is 5.72. The van der Waals surface area contributed by atoms with Crippen molar-refractivity contribution in [3.8, 4) is 5.75 Å². The van der Waals surface area contributed by atoms with E-state index in [-0.39, 0.29) is 5.91 Å². The lowest BCUT2D eigenvalue weighted by molar-refractivity contribution is -0.111. The lowest BCUT2D eigenvalue weighted by Crippen LogP contribution is -2.08. The van der Waals surface area contributed by atoms with Crippen LogP contribution in [0.2, 0.25) is 15.1 Å². The first-order chi connectivity index (χ1) is 10.5. The molecule has 0 saturated carbocycles. The van der Waals surface area contributed by atoms with Gasteiger partial charge in [-0.05, 0) is 42.0 Å². The molecule has 3 nitrogen and oxygen atoms in total.